The molecule has 0 bridgehead atoms. The van der Waals surface area contributed by atoms with E-state index in [2.05, 4.69) is 11.4 Å². The molecule has 0 radical (unpaired) electrons. The highest BCUT2D eigenvalue weighted by molar-refractivity contribution is 5.25. The summed E-state index contributed by atoms with van der Waals surface area (Å²) in [6, 6.07) is 8.86. The van der Waals surface area contributed by atoms with Crippen molar-refractivity contribution in [2.45, 2.75) is 19.5 Å². The van der Waals surface area contributed by atoms with E-state index in [1.807, 2.05) is 12.1 Å². The second-order valence-electron chi connectivity index (χ2n) is 2.90. The van der Waals surface area contributed by atoms with Gasteiger partial charge >= 0.3 is 0 Å². The molecule has 0 fully saturated rings. The van der Waals surface area contributed by atoms with E-state index in [1.54, 1.807) is 19.1 Å². The van der Waals surface area contributed by atoms with Crippen LogP contribution in [-0.4, -0.2) is 11.1 Å². The number of benzene rings is 1. The quantitative estimate of drug-likeness (QED) is 0.731. The Morgan fingerprint density at radius 2 is 2.08 bits per heavy atom. The highest BCUT2D eigenvalue weighted by atomic mass is 16.3. The molecule has 0 saturated carbocycles. The maximum atomic E-state index is 9.01. The fourth-order valence-corrected chi connectivity index (χ4v) is 0.930. The van der Waals surface area contributed by atoms with Crippen molar-refractivity contribution in [2.75, 3.05) is 0 Å². The molecule has 0 spiro atoms. The van der Waals surface area contributed by atoms with Gasteiger partial charge in [-0.15, -0.1) is 0 Å². The Morgan fingerprint density at radius 1 is 1.46 bits per heavy atom. The Bertz CT molecular complexity index is 300. The van der Waals surface area contributed by atoms with Crippen LogP contribution in [-0.2, 0) is 6.54 Å². The molecule has 0 aromatic heterocycles. The molecule has 3 heteroatoms. The van der Waals surface area contributed by atoms with Gasteiger partial charge in [-0.1, -0.05) is 12.1 Å². The van der Waals surface area contributed by atoms with Crippen molar-refractivity contribution in [1.82, 2.24) is 5.32 Å². The minimum atomic E-state index is -0.145. The highest BCUT2D eigenvalue weighted by Gasteiger charge is 1.97. The van der Waals surface area contributed by atoms with Crippen molar-refractivity contribution < 1.29 is 5.11 Å². The lowest BCUT2D eigenvalue weighted by molar-refractivity contribution is 0.475. The summed E-state index contributed by atoms with van der Waals surface area (Å²) in [6.45, 7) is 2.45. The van der Waals surface area contributed by atoms with Crippen LogP contribution in [0.2, 0.25) is 0 Å². The van der Waals surface area contributed by atoms with E-state index >= 15 is 0 Å². The number of rotatable bonds is 3. The van der Waals surface area contributed by atoms with Crippen LogP contribution in [0.5, 0.6) is 5.75 Å². The van der Waals surface area contributed by atoms with Gasteiger partial charge in [0.1, 0.15) is 5.75 Å². The van der Waals surface area contributed by atoms with Gasteiger partial charge in [0.25, 0.3) is 0 Å². The van der Waals surface area contributed by atoms with Crippen molar-refractivity contribution in [3.05, 3.63) is 29.8 Å². The van der Waals surface area contributed by atoms with E-state index < -0.39 is 0 Å². The van der Waals surface area contributed by atoms with E-state index in [4.69, 9.17) is 10.4 Å². The molecule has 1 rings (SSSR count). The number of phenolic OH excluding ortho intramolecular Hbond substituents is 1. The molecular weight excluding hydrogens is 164 g/mol. The van der Waals surface area contributed by atoms with E-state index in [9.17, 15) is 0 Å². The summed E-state index contributed by atoms with van der Waals surface area (Å²) in [6.07, 6.45) is 0. The predicted octanol–water partition coefficient (Wildman–Crippen LogP) is 1.39. The molecule has 1 atom stereocenters. The van der Waals surface area contributed by atoms with Crippen molar-refractivity contribution in [2.24, 2.45) is 0 Å². The molecular formula is C10H12N2O. The number of nitriles is 1. The molecule has 68 valence electrons. The van der Waals surface area contributed by atoms with Gasteiger partial charge in [0.2, 0.25) is 0 Å². The van der Waals surface area contributed by atoms with Crippen LogP contribution in [0.25, 0.3) is 0 Å². The molecule has 0 heterocycles. The van der Waals surface area contributed by atoms with Crippen molar-refractivity contribution >= 4 is 0 Å². The normalized spacial score (nSPS) is 12.0. The van der Waals surface area contributed by atoms with Gasteiger partial charge in [-0.2, -0.15) is 5.26 Å². The smallest absolute Gasteiger partial charge is 0.115 e. The Balaban J connectivity index is 2.47. The molecule has 3 nitrogen and oxygen atoms in total. The Kier molecular flexibility index (Phi) is 3.30. The lowest BCUT2D eigenvalue weighted by Crippen LogP contribution is -2.23. The maximum Gasteiger partial charge on any atom is 0.115 e. The number of hydrogen-bond acceptors (Lipinski definition) is 3. The van der Waals surface area contributed by atoms with Gasteiger partial charge in [-0.05, 0) is 24.6 Å². The predicted molar refractivity (Wildman–Crippen MR) is 50.0 cm³/mol. The maximum absolute atomic E-state index is 9.01. The summed E-state index contributed by atoms with van der Waals surface area (Å²) in [5.41, 5.74) is 1.06. The summed E-state index contributed by atoms with van der Waals surface area (Å²) < 4.78 is 0. The third-order valence-electron chi connectivity index (χ3n) is 1.74. The minimum Gasteiger partial charge on any atom is -0.508 e. The lowest BCUT2D eigenvalue weighted by atomic mass is 10.2. The van der Waals surface area contributed by atoms with E-state index in [0.29, 0.717) is 6.54 Å². The first-order valence-corrected chi connectivity index (χ1v) is 4.13. The first kappa shape index (κ1) is 9.56. The molecule has 0 aliphatic heterocycles. The van der Waals surface area contributed by atoms with E-state index in [-0.39, 0.29) is 11.8 Å². The van der Waals surface area contributed by atoms with Crippen molar-refractivity contribution in [1.29, 1.82) is 5.26 Å². The number of hydrogen-bond donors (Lipinski definition) is 2. The molecule has 0 aliphatic carbocycles. The number of phenols is 1. The molecule has 0 saturated heterocycles. The van der Waals surface area contributed by atoms with Gasteiger partial charge in [0.15, 0.2) is 0 Å². The molecule has 13 heavy (non-hydrogen) atoms. The monoisotopic (exact) mass is 176 g/mol. The van der Waals surface area contributed by atoms with Crippen LogP contribution >= 0.6 is 0 Å². The average molecular weight is 176 g/mol. The number of nitrogens with zero attached hydrogens (tertiary/aromatic N) is 1. The summed E-state index contributed by atoms with van der Waals surface area (Å²) >= 11 is 0. The van der Waals surface area contributed by atoms with Crippen LogP contribution in [0.3, 0.4) is 0 Å². The second-order valence-corrected chi connectivity index (χ2v) is 2.90. The van der Waals surface area contributed by atoms with E-state index in [0.717, 1.165) is 5.56 Å². The Morgan fingerprint density at radius 3 is 2.62 bits per heavy atom. The largest absolute Gasteiger partial charge is 0.508 e. The summed E-state index contributed by atoms with van der Waals surface area (Å²) in [4.78, 5) is 0. The summed E-state index contributed by atoms with van der Waals surface area (Å²) in [5, 5.41) is 20.5. The van der Waals surface area contributed by atoms with Crippen LogP contribution < -0.4 is 5.32 Å². The Labute approximate surface area is 77.6 Å². The third kappa shape index (κ3) is 3.14. The number of aromatic hydroxyl groups is 1. The zero-order valence-electron chi connectivity index (χ0n) is 7.49. The minimum absolute atomic E-state index is 0.145. The summed E-state index contributed by atoms with van der Waals surface area (Å²) in [7, 11) is 0. The highest BCUT2D eigenvalue weighted by Crippen LogP contribution is 2.09. The second kappa shape index (κ2) is 4.48. The fourth-order valence-electron chi connectivity index (χ4n) is 0.930. The van der Waals surface area contributed by atoms with Crippen LogP contribution in [0.4, 0.5) is 0 Å². The van der Waals surface area contributed by atoms with Crippen LogP contribution in [0, 0.1) is 11.3 Å². The molecule has 0 aliphatic rings. The fraction of sp³-hybridized carbons (Fsp3) is 0.300. The van der Waals surface area contributed by atoms with Crippen LogP contribution in [0.1, 0.15) is 12.5 Å². The topological polar surface area (TPSA) is 56.0 Å². The average Bonchev–Trinajstić information content (AvgIpc) is 2.16. The first-order valence-electron chi connectivity index (χ1n) is 4.13. The molecule has 0 amide bonds. The molecule has 1 aromatic carbocycles. The zero-order valence-corrected chi connectivity index (χ0v) is 7.49. The van der Waals surface area contributed by atoms with Gasteiger partial charge in [-0.3, -0.25) is 5.32 Å². The van der Waals surface area contributed by atoms with E-state index in [1.165, 1.54) is 0 Å². The standard InChI is InChI=1S/C10H12N2O/c1-8(6-11)12-7-9-2-4-10(13)5-3-9/h2-5,8,12-13H,7H2,1H3. The Hall–Kier alpha value is -1.53. The molecule has 1 unspecified atom stereocenters. The van der Waals surface area contributed by atoms with Gasteiger partial charge in [0, 0.05) is 6.54 Å². The molecule has 2 N–H and O–H groups in total. The van der Waals surface area contributed by atoms with Gasteiger partial charge in [0.05, 0.1) is 12.1 Å². The zero-order chi connectivity index (χ0) is 9.68. The van der Waals surface area contributed by atoms with Crippen molar-refractivity contribution in [3.63, 3.8) is 0 Å². The van der Waals surface area contributed by atoms with Crippen LogP contribution in [0.15, 0.2) is 24.3 Å². The first-order chi connectivity index (χ1) is 6.22. The van der Waals surface area contributed by atoms with Gasteiger partial charge < -0.3 is 5.11 Å². The third-order valence-corrected chi connectivity index (χ3v) is 1.74. The van der Waals surface area contributed by atoms with Crippen molar-refractivity contribution in [3.8, 4) is 11.8 Å². The SMILES string of the molecule is CC(C#N)NCc1ccc(O)cc1. The summed E-state index contributed by atoms with van der Waals surface area (Å²) in [5.74, 6) is 0.261. The molecule has 1 aromatic rings. The number of nitrogens with one attached hydrogen (secondary N) is 1. The lowest BCUT2D eigenvalue weighted by Gasteiger charge is -2.05. The van der Waals surface area contributed by atoms with Gasteiger partial charge in [-0.25, -0.2) is 0 Å².